The van der Waals surface area contributed by atoms with Crippen LogP contribution in [0.4, 0.5) is 35.1 Å². The monoisotopic (exact) mass is 454 g/mol. The molecule has 0 unspecified atom stereocenters. The molecule has 0 N–H and O–H groups in total. The largest absolute Gasteiger partial charge is 0.340 e. The van der Waals surface area contributed by atoms with Gasteiger partial charge in [-0.15, -0.1) is 0 Å². The second kappa shape index (κ2) is 7.29. The van der Waals surface area contributed by atoms with E-state index in [9.17, 15) is 22.4 Å². The molecular formula is C23H10F8O. The summed E-state index contributed by atoms with van der Waals surface area (Å²) >= 11 is 0. The Hall–Kier alpha value is -3.49. The van der Waals surface area contributed by atoms with E-state index in [-0.39, 0.29) is 12.1 Å². The molecular weight excluding hydrogens is 444 g/mol. The van der Waals surface area contributed by atoms with Gasteiger partial charge >= 0.3 is 11.8 Å². The summed E-state index contributed by atoms with van der Waals surface area (Å²) in [5.74, 6) is -19.9. The Morgan fingerprint density at radius 3 is 1.19 bits per heavy atom. The van der Waals surface area contributed by atoms with Crippen LogP contribution in [0.25, 0.3) is 21.5 Å². The molecule has 9 heteroatoms. The summed E-state index contributed by atoms with van der Waals surface area (Å²) in [7, 11) is 0. The van der Waals surface area contributed by atoms with Gasteiger partial charge in [0.05, 0.1) is 11.1 Å². The summed E-state index contributed by atoms with van der Waals surface area (Å²) in [6, 6.07) is 8.49. The zero-order valence-electron chi connectivity index (χ0n) is 15.7. The van der Waals surface area contributed by atoms with Gasteiger partial charge in [-0.3, -0.25) is 4.79 Å². The average molecular weight is 454 g/mol. The van der Waals surface area contributed by atoms with Gasteiger partial charge in [0.1, 0.15) is 23.3 Å². The third-order valence-electron chi connectivity index (χ3n) is 5.09. The van der Waals surface area contributed by atoms with E-state index in [0.717, 1.165) is 36.4 Å². The molecule has 0 aromatic heterocycles. The number of benzene rings is 4. The highest BCUT2D eigenvalue weighted by Gasteiger charge is 2.59. The molecule has 0 spiro atoms. The number of fused-ring (bicyclic) bond motifs is 2. The molecule has 0 aliphatic heterocycles. The number of hydrogen-bond acceptors (Lipinski definition) is 1. The molecule has 32 heavy (non-hydrogen) atoms. The van der Waals surface area contributed by atoms with Gasteiger partial charge in [0.15, 0.2) is 0 Å². The molecule has 0 atom stereocenters. The molecule has 164 valence electrons. The van der Waals surface area contributed by atoms with Crippen LogP contribution in [0.15, 0.2) is 60.7 Å². The first-order valence-electron chi connectivity index (χ1n) is 9.03. The summed E-state index contributed by atoms with van der Waals surface area (Å²) in [6.45, 7) is 0. The van der Waals surface area contributed by atoms with E-state index in [4.69, 9.17) is 0 Å². The van der Waals surface area contributed by atoms with Gasteiger partial charge in [0, 0.05) is 22.9 Å². The molecule has 0 heterocycles. The van der Waals surface area contributed by atoms with E-state index < -0.39 is 73.6 Å². The van der Waals surface area contributed by atoms with Crippen LogP contribution in [-0.2, 0) is 16.6 Å². The Morgan fingerprint density at radius 2 is 0.844 bits per heavy atom. The molecule has 0 aliphatic rings. The number of ketones is 1. The second-order valence-electron chi connectivity index (χ2n) is 7.00. The predicted molar refractivity (Wildman–Crippen MR) is 101 cm³/mol. The van der Waals surface area contributed by atoms with Crippen LogP contribution in [0, 0.1) is 23.3 Å². The van der Waals surface area contributed by atoms with Gasteiger partial charge in [-0.1, -0.05) is 48.5 Å². The third kappa shape index (κ3) is 3.11. The summed E-state index contributed by atoms with van der Waals surface area (Å²) in [4.78, 5) is 12.4. The molecule has 0 aliphatic carbocycles. The Bertz CT molecular complexity index is 1290. The summed E-state index contributed by atoms with van der Waals surface area (Å²) < 4.78 is 117. The first-order chi connectivity index (χ1) is 15.0. The molecule has 0 radical (unpaired) electrons. The zero-order valence-corrected chi connectivity index (χ0v) is 15.7. The van der Waals surface area contributed by atoms with Crippen LogP contribution >= 0.6 is 0 Å². The standard InChI is InChI=1S/C23H10F8O/c24-15-9-17(26)19(13-7-3-1-5-11(13)15)22(28,29)21(32)23(30,31)20-14-8-4-2-6-12(14)16(25)10-18(20)27/h1-10H. The SMILES string of the molecule is O=C(C(F)(F)c1c(F)cc(F)c2ccccc12)C(F)(F)c1c(F)cc(F)c2ccccc12. The van der Waals surface area contributed by atoms with Crippen molar-refractivity contribution in [2.24, 2.45) is 0 Å². The fourth-order valence-corrected chi connectivity index (χ4v) is 3.66. The predicted octanol–water partition coefficient (Wildman–Crippen LogP) is 7.00. The number of hydrogen-bond donors (Lipinski definition) is 0. The minimum Gasteiger partial charge on any atom is -0.285 e. The highest BCUT2D eigenvalue weighted by Crippen LogP contribution is 2.46. The second-order valence-corrected chi connectivity index (χ2v) is 7.00. The summed E-state index contributed by atoms with van der Waals surface area (Å²) in [5, 5.41) is -2.66. The molecule has 0 bridgehead atoms. The maximum absolute atomic E-state index is 15.1. The molecule has 0 saturated heterocycles. The van der Waals surface area contributed by atoms with Gasteiger partial charge in [0.25, 0.3) is 5.78 Å². The minimum atomic E-state index is -5.19. The fourth-order valence-electron chi connectivity index (χ4n) is 3.66. The van der Waals surface area contributed by atoms with Crippen molar-refractivity contribution in [3.8, 4) is 0 Å². The lowest BCUT2D eigenvalue weighted by Crippen LogP contribution is -2.40. The first-order valence-corrected chi connectivity index (χ1v) is 9.03. The van der Waals surface area contributed by atoms with E-state index in [1.54, 1.807) is 0 Å². The first kappa shape index (κ1) is 21.7. The molecule has 0 amide bonds. The number of carbonyl (C=O) groups is 1. The van der Waals surface area contributed by atoms with Crippen LogP contribution in [0.1, 0.15) is 11.1 Å². The summed E-state index contributed by atoms with van der Waals surface area (Å²) in [6.07, 6.45) is 0. The lowest BCUT2D eigenvalue weighted by Gasteiger charge is -2.25. The van der Waals surface area contributed by atoms with Crippen molar-refractivity contribution >= 4 is 27.3 Å². The highest BCUT2D eigenvalue weighted by molar-refractivity contribution is 6.01. The van der Waals surface area contributed by atoms with Crippen molar-refractivity contribution in [1.82, 2.24) is 0 Å². The Labute approximate surface area is 174 Å². The van der Waals surface area contributed by atoms with Gasteiger partial charge in [-0.25, -0.2) is 17.6 Å². The maximum atomic E-state index is 15.1. The van der Waals surface area contributed by atoms with E-state index in [2.05, 4.69) is 0 Å². The van der Waals surface area contributed by atoms with Crippen LogP contribution in [0.3, 0.4) is 0 Å². The minimum absolute atomic E-state index is 0.0465. The number of Topliss-reactive ketones (excluding diaryl/α,β-unsaturated/α-hetero) is 1. The summed E-state index contributed by atoms with van der Waals surface area (Å²) in [5.41, 5.74) is -3.54. The maximum Gasteiger partial charge on any atom is 0.340 e. The number of rotatable bonds is 4. The molecule has 0 saturated carbocycles. The topological polar surface area (TPSA) is 17.1 Å². The molecule has 4 rings (SSSR count). The van der Waals surface area contributed by atoms with Crippen molar-refractivity contribution in [2.45, 2.75) is 11.8 Å². The van der Waals surface area contributed by atoms with E-state index in [1.807, 2.05) is 0 Å². The number of carbonyl (C=O) groups excluding carboxylic acids is 1. The van der Waals surface area contributed by atoms with Crippen molar-refractivity contribution in [2.75, 3.05) is 0 Å². The van der Waals surface area contributed by atoms with Gasteiger partial charge in [-0.2, -0.15) is 17.6 Å². The van der Waals surface area contributed by atoms with Crippen molar-refractivity contribution in [3.63, 3.8) is 0 Å². The molecule has 4 aromatic carbocycles. The van der Waals surface area contributed by atoms with Crippen LogP contribution < -0.4 is 0 Å². The van der Waals surface area contributed by atoms with Crippen LogP contribution in [-0.4, -0.2) is 5.78 Å². The van der Waals surface area contributed by atoms with Crippen molar-refractivity contribution in [3.05, 3.63) is 95.1 Å². The van der Waals surface area contributed by atoms with E-state index in [1.165, 1.54) is 12.1 Å². The third-order valence-corrected chi connectivity index (χ3v) is 5.09. The zero-order chi connectivity index (χ0) is 23.4. The quantitative estimate of drug-likeness (QED) is 0.304. The lowest BCUT2D eigenvalue weighted by molar-refractivity contribution is -0.172. The van der Waals surface area contributed by atoms with Crippen molar-refractivity contribution < 1.29 is 39.9 Å². The fraction of sp³-hybridized carbons (Fsp3) is 0.0870. The van der Waals surface area contributed by atoms with Gasteiger partial charge in [-0.05, 0) is 10.8 Å². The Kier molecular flexibility index (Phi) is 4.95. The Balaban J connectivity index is 1.96. The lowest BCUT2D eigenvalue weighted by atomic mass is 9.89. The van der Waals surface area contributed by atoms with Crippen molar-refractivity contribution in [1.29, 1.82) is 0 Å². The average Bonchev–Trinajstić information content (AvgIpc) is 2.73. The smallest absolute Gasteiger partial charge is 0.285 e. The van der Waals surface area contributed by atoms with Gasteiger partial charge in [0.2, 0.25) is 0 Å². The Morgan fingerprint density at radius 1 is 0.531 bits per heavy atom. The van der Waals surface area contributed by atoms with Gasteiger partial charge < -0.3 is 0 Å². The normalized spacial score (nSPS) is 12.5. The van der Waals surface area contributed by atoms with Crippen LogP contribution in [0.2, 0.25) is 0 Å². The number of alkyl halides is 4. The molecule has 0 fully saturated rings. The highest BCUT2D eigenvalue weighted by atomic mass is 19.3. The van der Waals surface area contributed by atoms with E-state index >= 15 is 17.6 Å². The van der Waals surface area contributed by atoms with Crippen LogP contribution in [0.5, 0.6) is 0 Å². The number of halogens is 8. The molecule has 1 nitrogen and oxygen atoms in total. The van der Waals surface area contributed by atoms with E-state index in [0.29, 0.717) is 0 Å². The molecule has 4 aromatic rings.